The lowest BCUT2D eigenvalue weighted by Crippen LogP contribution is -2.35. The van der Waals surface area contributed by atoms with E-state index in [-0.39, 0.29) is 17.6 Å². The minimum atomic E-state index is -0.688. The normalized spacial score (nSPS) is 11.5. The van der Waals surface area contributed by atoms with Gasteiger partial charge in [-0.25, -0.2) is 0 Å². The van der Waals surface area contributed by atoms with Gasteiger partial charge >= 0.3 is 0 Å². The number of para-hydroxylation sites is 1. The van der Waals surface area contributed by atoms with Crippen molar-refractivity contribution in [2.75, 3.05) is 5.32 Å². The smallest absolute Gasteiger partial charge is 0.291 e. The van der Waals surface area contributed by atoms with E-state index < -0.39 is 6.10 Å². The number of ether oxygens (including phenoxy) is 1. The molecular formula is C21H19ClN2O4. The van der Waals surface area contributed by atoms with Gasteiger partial charge in [-0.1, -0.05) is 35.9 Å². The third-order valence-electron chi connectivity index (χ3n) is 3.93. The van der Waals surface area contributed by atoms with Crippen LogP contribution in [0.15, 0.2) is 71.3 Å². The Morgan fingerprint density at radius 3 is 2.50 bits per heavy atom. The standard InChI is InChI=1S/C21H19ClN2O4/c1-14(28-18-6-3-2-5-17(18)22)20(25)23-13-15-8-10-16(11-9-15)24-21(26)19-7-4-12-27-19/h2-12,14H,13H2,1H3,(H,23,25)(H,24,26). The second-order valence-electron chi connectivity index (χ2n) is 6.04. The van der Waals surface area contributed by atoms with Gasteiger partial charge in [0.15, 0.2) is 11.9 Å². The molecule has 2 aromatic carbocycles. The highest BCUT2D eigenvalue weighted by Crippen LogP contribution is 2.24. The topological polar surface area (TPSA) is 80.6 Å². The Morgan fingerprint density at radius 1 is 1.07 bits per heavy atom. The molecule has 0 fully saturated rings. The fourth-order valence-corrected chi connectivity index (χ4v) is 2.60. The summed E-state index contributed by atoms with van der Waals surface area (Å²) < 4.78 is 10.6. The van der Waals surface area contributed by atoms with Gasteiger partial charge in [0.05, 0.1) is 11.3 Å². The monoisotopic (exact) mass is 398 g/mol. The van der Waals surface area contributed by atoms with Crippen LogP contribution in [-0.2, 0) is 11.3 Å². The first-order valence-electron chi connectivity index (χ1n) is 8.65. The van der Waals surface area contributed by atoms with Gasteiger partial charge in [-0.2, -0.15) is 0 Å². The van der Waals surface area contributed by atoms with Gasteiger partial charge in [0, 0.05) is 12.2 Å². The summed E-state index contributed by atoms with van der Waals surface area (Å²) in [7, 11) is 0. The molecule has 0 aliphatic heterocycles. The fraction of sp³-hybridized carbons (Fsp3) is 0.143. The van der Waals surface area contributed by atoms with Gasteiger partial charge in [0.25, 0.3) is 11.8 Å². The van der Waals surface area contributed by atoms with Gasteiger partial charge < -0.3 is 19.8 Å². The molecular weight excluding hydrogens is 380 g/mol. The largest absolute Gasteiger partial charge is 0.479 e. The zero-order valence-corrected chi connectivity index (χ0v) is 15.9. The summed E-state index contributed by atoms with van der Waals surface area (Å²) in [4.78, 5) is 24.2. The Bertz CT molecular complexity index is 939. The van der Waals surface area contributed by atoms with Crippen LogP contribution in [-0.4, -0.2) is 17.9 Å². The summed E-state index contributed by atoms with van der Waals surface area (Å²) >= 11 is 6.04. The van der Waals surface area contributed by atoms with Crippen LogP contribution in [0.1, 0.15) is 23.0 Å². The Labute approximate surface area is 167 Å². The van der Waals surface area contributed by atoms with E-state index in [0.29, 0.717) is 23.0 Å². The molecule has 0 saturated carbocycles. The molecule has 1 atom stereocenters. The van der Waals surface area contributed by atoms with E-state index in [2.05, 4.69) is 10.6 Å². The van der Waals surface area contributed by atoms with Crippen LogP contribution >= 0.6 is 11.6 Å². The maximum absolute atomic E-state index is 12.2. The van der Waals surface area contributed by atoms with E-state index in [9.17, 15) is 9.59 Å². The molecule has 1 heterocycles. The minimum Gasteiger partial charge on any atom is -0.479 e. The first kappa shape index (κ1) is 19.5. The van der Waals surface area contributed by atoms with E-state index in [0.717, 1.165) is 5.56 Å². The first-order chi connectivity index (χ1) is 13.5. The van der Waals surface area contributed by atoms with Crippen LogP contribution in [0.4, 0.5) is 5.69 Å². The van der Waals surface area contributed by atoms with Crippen molar-refractivity contribution >= 4 is 29.1 Å². The quantitative estimate of drug-likeness (QED) is 0.622. The molecule has 1 aromatic heterocycles. The molecule has 1 unspecified atom stereocenters. The second-order valence-corrected chi connectivity index (χ2v) is 6.44. The number of carbonyl (C=O) groups is 2. The molecule has 0 aliphatic rings. The predicted molar refractivity (Wildman–Crippen MR) is 106 cm³/mol. The molecule has 0 aliphatic carbocycles. The number of hydrogen-bond donors (Lipinski definition) is 2. The minimum absolute atomic E-state index is 0.240. The maximum Gasteiger partial charge on any atom is 0.291 e. The summed E-state index contributed by atoms with van der Waals surface area (Å²) in [6.07, 6.45) is 0.753. The lowest BCUT2D eigenvalue weighted by atomic mass is 10.2. The number of hydrogen-bond acceptors (Lipinski definition) is 4. The summed E-state index contributed by atoms with van der Waals surface area (Å²) in [5, 5.41) is 6.00. The number of anilines is 1. The average Bonchev–Trinajstić information content (AvgIpc) is 3.24. The van der Waals surface area contributed by atoms with Crippen molar-refractivity contribution in [1.29, 1.82) is 0 Å². The van der Waals surface area contributed by atoms with E-state index in [4.69, 9.17) is 20.8 Å². The van der Waals surface area contributed by atoms with Crippen molar-refractivity contribution in [2.45, 2.75) is 19.6 Å². The molecule has 144 valence electrons. The van der Waals surface area contributed by atoms with Gasteiger partial charge in [-0.05, 0) is 48.9 Å². The highest BCUT2D eigenvalue weighted by Gasteiger charge is 2.15. The van der Waals surface area contributed by atoms with Crippen molar-refractivity contribution in [2.24, 2.45) is 0 Å². The van der Waals surface area contributed by atoms with E-state index in [1.165, 1.54) is 6.26 Å². The summed E-state index contributed by atoms with van der Waals surface area (Å²) in [6.45, 7) is 1.99. The number of amides is 2. The lowest BCUT2D eigenvalue weighted by molar-refractivity contribution is -0.127. The van der Waals surface area contributed by atoms with Crippen molar-refractivity contribution in [1.82, 2.24) is 5.32 Å². The van der Waals surface area contributed by atoms with E-state index in [1.54, 1.807) is 55.5 Å². The van der Waals surface area contributed by atoms with E-state index >= 15 is 0 Å². The molecule has 6 nitrogen and oxygen atoms in total. The molecule has 2 amide bonds. The molecule has 7 heteroatoms. The number of rotatable bonds is 7. The molecule has 0 saturated heterocycles. The third-order valence-corrected chi connectivity index (χ3v) is 4.25. The van der Waals surface area contributed by atoms with Crippen LogP contribution in [0.5, 0.6) is 5.75 Å². The zero-order chi connectivity index (χ0) is 19.9. The molecule has 0 bridgehead atoms. The highest BCUT2D eigenvalue weighted by atomic mass is 35.5. The predicted octanol–water partition coefficient (Wildman–Crippen LogP) is 4.27. The van der Waals surface area contributed by atoms with Crippen LogP contribution < -0.4 is 15.4 Å². The number of halogens is 1. The van der Waals surface area contributed by atoms with Crippen LogP contribution in [0, 0.1) is 0 Å². The lowest BCUT2D eigenvalue weighted by Gasteiger charge is -2.15. The molecule has 28 heavy (non-hydrogen) atoms. The number of carbonyl (C=O) groups excluding carboxylic acids is 2. The summed E-state index contributed by atoms with van der Waals surface area (Å²) in [6, 6.07) is 17.4. The van der Waals surface area contributed by atoms with Gasteiger partial charge in [0.2, 0.25) is 0 Å². The number of furan rings is 1. The van der Waals surface area contributed by atoms with Gasteiger partial charge in [-0.15, -0.1) is 0 Å². The third kappa shape index (κ3) is 5.14. The Kier molecular flexibility index (Phi) is 6.34. The SMILES string of the molecule is CC(Oc1ccccc1Cl)C(=O)NCc1ccc(NC(=O)c2ccco2)cc1. The Hall–Kier alpha value is -3.25. The van der Waals surface area contributed by atoms with Crippen molar-refractivity contribution in [3.8, 4) is 5.75 Å². The maximum atomic E-state index is 12.2. The van der Waals surface area contributed by atoms with Gasteiger partial charge in [-0.3, -0.25) is 9.59 Å². The zero-order valence-electron chi connectivity index (χ0n) is 15.1. The van der Waals surface area contributed by atoms with E-state index in [1.807, 2.05) is 12.1 Å². The van der Waals surface area contributed by atoms with Crippen molar-refractivity contribution in [3.05, 3.63) is 83.3 Å². The number of benzene rings is 2. The Balaban J connectivity index is 1.49. The average molecular weight is 399 g/mol. The summed E-state index contributed by atoms with van der Waals surface area (Å²) in [5.74, 6) is 0.124. The molecule has 0 radical (unpaired) electrons. The van der Waals surface area contributed by atoms with Crippen LogP contribution in [0.25, 0.3) is 0 Å². The second kappa shape index (κ2) is 9.10. The molecule has 0 spiro atoms. The van der Waals surface area contributed by atoms with Crippen LogP contribution in [0.3, 0.4) is 0 Å². The fourth-order valence-electron chi connectivity index (χ4n) is 2.42. The van der Waals surface area contributed by atoms with Crippen LogP contribution in [0.2, 0.25) is 5.02 Å². The van der Waals surface area contributed by atoms with Crippen molar-refractivity contribution < 1.29 is 18.7 Å². The highest BCUT2D eigenvalue weighted by molar-refractivity contribution is 6.32. The molecule has 2 N–H and O–H groups in total. The Morgan fingerprint density at radius 2 is 1.82 bits per heavy atom. The van der Waals surface area contributed by atoms with Crippen molar-refractivity contribution in [3.63, 3.8) is 0 Å². The molecule has 3 rings (SSSR count). The first-order valence-corrected chi connectivity index (χ1v) is 9.03. The number of nitrogens with one attached hydrogen (secondary N) is 2. The van der Waals surface area contributed by atoms with Gasteiger partial charge in [0.1, 0.15) is 5.75 Å². The summed E-state index contributed by atoms with van der Waals surface area (Å²) in [5.41, 5.74) is 1.51. The molecule has 3 aromatic rings.